The van der Waals surface area contributed by atoms with Gasteiger partial charge in [0.15, 0.2) is 0 Å². The SMILES string of the molecule is CC(C)[C@H]1CC[C@H]2C3=CC=C4C[C@](O)(N(C)C)CC[C@]4(C)[C@H]3CC[C@]12C. The maximum Gasteiger partial charge on any atom is 0.121 e. The van der Waals surface area contributed by atoms with Gasteiger partial charge < -0.3 is 5.11 Å². The van der Waals surface area contributed by atoms with E-state index >= 15 is 0 Å². The molecule has 4 rings (SSSR count). The van der Waals surface area contributed by atoms with Gasteiger partial charge in [0, 0.05) is 6.42 Å². The lowest BCUT2D eigenvalue weighted by molar-refractivity contribution is -0.115. The first-order valence-electron chi connectivity index (χ1n) is 10.9. The summed E-state index contributed by atoms with van der Waals surface area (Å²) in [5, 5.41) is 11.0. The van der Waals surface area contributed by atoms with Gasteiger partial charge >= 0.3 is 0 Å². The minimum absolute atomic E-state index is 0.267. The van der Waals surface area contributed by atoms with Crippen LogP contribution in [-0.4, -0.2) is 29.8 Å². The van der Waals surface area contributed by atoms with Gasteiger partial charge in [-0.25, -0.2) is 0 Å². The van der Waals surface area contributed by atoms with Crippen molar-refractivity contribution < 1.29 is 5.11 Å². The minimum Gasteiger partial charge on any atom is -0.375 e. The van der Waals surface area contributed by atoms with Crippen molar-refractivity contribution in [1.82, 2.24) is 4.90 Å². The normalized spacial score (nSPS) is 48.0. The standard InChI is InChI=1S/C24H39NO/c1-16(2)19-9-10-20-18-8-7-17-15-24(26,25(5)6)14-13-22(17,3)21(18)11-12-23(19,20)4/h7-8,16,19-21,26H,9-15H2,1-6H3/t19-,20+,21+,22+,23-,24+/m1/s1. The summed E-state index contributed by atoms with van der Waals surface area (Å²) in [4.78, 5) is 2.02. The van der Waals surface area contributed by atoms with Crippen LogP contribution in [0.15, 0.2) is 23.3 Å². The highest BCUT2D eigenvalue weighted by molar-refractivity contribution is 5.39. The maximum absolute atomic E-state index is 11.0. The lowest BCUT2D eigenvalue weighted by Gasteiger charge is -2.57. The second-order valence-electron chi connectivity index (χ2n) is 10.9. The van der Waals surface area contributed by atoms with E-state index in [2.05, 4.69) is 39.8 Å². The summed E-state index contributed by atoms with van der Waals surface area (Å²) in [5.74, 6) is 3.19. The van der Waals surface area contributed by atoms with Gasteiger partial charge in [0.25, 0.3) is 0 Å². The fraction of sp³-hybridized carbons (Fsp3) is 0.833. The van der Waals surface area contributed by atoms with Crippen LogP contribution in [0.5, 0.6) is 0 Å². The average Bonchev–Trinajstić information content (AvgIpc) is 2.93. The summed E-state index contributed by atoms with van der Waals surface area (Å²) >= 11 is 0. The molecule has 0 saturated heterocycles. The molecule has 0 heterocycles. The largest absolute Gasteiger partial charge is 0.375 e. The summed E-state index contributed by atoms with van der Waals surface area (Å²) in [6, 6.07) is 0. The van der Waals surface area contributed by atoms with Gasteiger partial charge in [-0.15, -0.1) is 0 Å². The average molecular weight is 358 g/mol. The first-order valence-corrected chi connectivity index (χ1v) is 10.9. The van der Waals surface area contributed by atoms with Crippen molar-refractivity contribution in [2.45, 2.75) is 78.4 Å². The Labute approximate surface area is 160 Å². The number of hydrogen-bond donors (Lipinski definition) is 1. The van der Waals surface area contributed by atoms with Crippen LogP contribution < -0.4 is 0 Å². The molecule has 0 amide bonds. The molecule has 3 fully saturated rings. The smallest absolute Gasteiger partial charge is 0.121 e. The van der Waals surface area contributed by atoms with Crippen LogP contribution in [0.3, 0.4) is 0 Å². The number of rotatable bonds is 2. The van der Waals surface area contributed by atoms with Gasteiger partial charge in [0.05, 0.1) is 0 Å². The first kappa shape index (κ1) is 18.7. The fourth-order valence-electron chi connectivity index (χ4n) is 7.49. The molecule has 2 heteroatoms. The zero-order valence-electron chi connectivity index (χ0n) is 17.8. The van der Waals surface area contributed by atoms with Crippen LogP contribution in [0, 0.1) is 34.5 Å². The van der Waals surface area contributed by atoms with Crippen molar-refractivity contribution in [3.63, 3.8) is 0 Å². The number of fused-ring (bicyclic) bond motifs is 5. The minimum atomic E-state index is -0.657. The van der Waals surface area contributed by atoms with Crippen molar-refractivity contribution in [1.29, 1.82) is 0 Å². The van der Waals surface area contributed by atoms with Crippen LogP contribution in [0.4, 0.5) is 0 Å². The van der Waals surface area contributed by atoms with E-state index < -0.39 is 5.72 Å². The van der Waals surface area contributed by atoms with E-state index in [4.69, 9.17) is 0 Å². The van der Waals surface area contributed by atoms with Crippen molar-refractivity contribution in [3.8, 4) is 0 Å². The molecule has 2 nitrogen and oxygen atoms in total. The molecule has 0 aromatic carbocycles. The lowest BCUT2D eigenvalue weighted by atomic mass is 9.49. The van der Waals surface area contributed by atoms with Gasteiger partial charge in [-0.05, 0) is 87.1 Å². The third kappa shape index (κ3) is 2.44. The second-order valence-corrected chi connectivity index (χ2v) is 10.9. The second kappa shape index (κ2) is 5.95. The monoisotopic (exact) mass is 357 g/mol. The third-order valence-electron chi connectivity index (χ3n) is 9.32. The zero-order chi connectivity index (χ0) is 18.9. The highest BCUT2D eigenvalue weighted by Crippen LogP contribution is 2.66. The summed E-state index contributed by atoms with van der Waals surface area (Å²) in [6.07, 6.45) is 13.3. The van der Waals surface area contributed by atoms with Crippen LogP contribution >= 0.6 is 0 Å². The Kier molecular flexibility index (Phi) is 4.29. The Morgan fingerprint density at radius 1 is 1.00 bits per heavy atom. The summed E-state index contributed by atoms with van der Waals surface area (Å²) in [7, 11) is 4.04. The summed E-state index contributed by atoms with van der Waals surface area (Å²) in [5.41, 5.74) is 3.38. The molecule has 4 aliphatic rings. The highest BCUT2D eigenvalue weighted by Gasteiger charge is 2.57. The van der Waals surface area contributed by atoms with Crippen molar-refractivity contribution in [2.75, 3.05) is 14.1 Å². The van der Waals surface area contributed by atoms with E-state index in [1.165, 1.54) is 31.3 Å². The molecule has 0 aliphatic heterocycles. The molecular formula is C24H39NO. The zero-order valence-corrected chi connectivity index (χ0v) is 17.8. The van der Waals surface area contributed by atoms with E-state index in [1.807, 2.05) is 19.0 Å². The summed E-state index contributed by atoms with van der Waals surface area (Å²) in [6.45, 7) is 9.97. The van der Waals surface area contributed by atoms with E-state index in [9.17, 15) is 5.11 Å². The number of allylic oxidation sites excluding steroid dienone is 3. The number of nitrogens with zero attached hydrogens (tertiary/aromatic N) is 1. The van der Waals surface area contributed by atoms with Gasteiger partial charge in [-0.1, -0.05) is 51.0 Å². The molecular weight excluding hydrogens is 318 g/mol. The maximum atomic E-state index is 11.0. The molecule has 146 valence electrons. The molecule has 26 heavy (non-hydrogen) atoms. The fourth-order valence-corrected chi connectivity index (χ4v) is 7.49. The highest BCUT2D eigenvalue weighted by atomic mass is 16.3. The molecule has 0 aromatic rings. The van der Waals surface area contributed by atoms with Crippen molar-refractivity contribution in [2.24, 2.45) is 34.5 Å². The van der Waals surface area contributed by atoms with E-state index in [1.54, 1.807) is 5.57 Å². The molecule has 0 bridgehead atoms. The predicted molar refractivity (Wildman–Crippen MR) is 109 cm³/mol. The Bertz CT molecular complexity index is 647. The van der Waals surface area contributed by atoms with E-state index in [0.29, 0.717) is 11.3 Å². The Morgan fingerprint density at radius 2 is 1.73 bits per heavy atom. The lowest BCUT2D eigenvalue weighted by Crippen LogP contribution is -2.53. The predicted octanol–water partition coefficient (Wildman–Crippen LogP) is 5.39. The molecule has 3 saturated carbocycles. The van der Waals surface area contributed by atoms with Gasteiger partial charge in [-0.2, -0.15) is 0 Å². The molecule has 0 aromatic heterocycles. The topological polar surface area (TPSA) is 23.5 Å². The van der Waals surface area contributed by atoms with Crippen LogP contribution in [0.25, 0.3) is 0 Å². The van der Waals surface area contributed by atoms with Crippen LogP contribution in [0.2, 0.25) is 0 Å². The Balaban J connectivity index is 1.68. The summed E-state index contributed by atoms with van der Waals surface area (Å²) < 4.78 is 0. The molecule has 4 aliphatic carbocycles. The van der Waals surface area contributed by atoms with Gasteiger partial charge in [0.1, 0.15) is 5.72 Å². The molecule has 6 atom stereocenters. The Hall–Kier alpha value is -0.600. The van der Waals surface area contributed by atoms with Crippen molar-refractivity contribution >= 4 is 0 Å². The van der Waals surface area contributed by atoms with Crippen molar-refractivity contribution in [3.05, 3.63) is 23.3 Å². The van der Waals surface area contributed by atoms with Gasteiger partial charge in [-0.3, -0.25) is 4.90 Å². The third-order valence-corrected chi connectivity index (χ3v) is 9.32. The van der Waals surface area contributed by atoms with Crippen LogP contribution in [-0.2, 0) is 0 Å². The molecule has 1 N–H and O–H groups in total. The molecule has 0 unspecified atom stereocenters. The van der Waals surface area contributed by atoms with E-state index in [0.717, 1.165) is 37.0 Å². The first-order chi connectivity index (χ1) is 12.1. The number of aliphatic hydroxyl groups is 1. The Morgan fingerprint density at radius 3 is 2.38 bits per heavy atom. The molecule has 0 radical (unpaired) electrons. The van der Waals surface area contributed by atoms with Gasteiger partial charge in [0.2, 0.25) is 0 Å². The van der Waals surface area contributed by atoms with E-state index in [-0.39, 0.29) is 5.41 Å². The molecule has 0 spiro atoms. The number of hydrogen-bond acceptors (Lipinski definition) is 2. The van der Waals surface area contributed by atoms with Crippen LogP contribution in [0.1, 0.15) is 72.6 Å². The quantitative estimate of drug-likeness (QED) is 0.670.